The van der Waals surface area contributed by atoms with Crippen LogP contribution in [0.5, 0.6) is 0 Å². The van der Waals surface area contributed by atoms with Gasteiger partial charge >= 0.3 is 0 Å². The van der Waals surface area contributed by atoms with Crippen molar-refractivity contribution in [1.29, 1.82) is 0 Å². The van der Waals surface area contributed by atoms with Gasteiger partial charge in [-0.25, -0.2) is 0 Å². The molecule has 1 heterocycles. The van der Waals surface area contributed by atoms with Crippen molar-refractivity contribution < 1.29 is 4.79 Å². The Morgan fingerprint density at radius 1 is 1.24 bits per heavy atom. The average molecular weight is 238 g/mol. The maximum absolute atomic E-state index is 11.8. The molecule has 1 saturated heterocycles. The van der Waals surface area contributed by atoms with E-state index >= 15 is 0 Å². The van der Waals surface area contributed by atoms with Crippen LogP contribution in [0.1, 0.15) is 51.9 Å². The summed E-state index contributed by atoms with van der Waals surface area (Å²) in [5.74, 6) is 1.98. The van der Waals surface area contributed by atoms with E-state index in [1.54, 1.807) is 0 Å². The predicted octanol–water partition coefficient (Wildman–Crippen LogP) is 2.07. The average Bonchev–Trinajstić information content (AvgIpc) is 2.85. The van der Waals surface area contributed by atoms with Crippen LogP contribution in [0.4, 0.5) is 0 Å². The van der Waals surface area contributed by atoms with Crippen molar-refractivity contribution >= 4 is 5.91 Å². The van der Waals surface area contributed by atoms with Crippen LogP contribution >= 0.6 is 0 Å². The Morgan fingerprint density at radius 3 is 2.65 bits per heavy atom. The Morgan fingerprint density at radius 2 is 2.00 bits per heavy atom. The molecule has 2 N–H and O–H groups in total. The van der Waals surface area contributed by atoms with Gasteiger partial charge in [-0.1, -0.05) is 32.6 Å². The highest BCUT2D eigenvalue weighted by Crippen LogP contribution is 2.29. The molecule has 0 bridgehead atoms. The first-order valence-electron chi connectivity index (χ1n) is 7.27. The van der Waals surface area contributed by atoms with Crippen molar-refractivity contribution in [2.75, 3.05) is 13.1 Å². The number of carbonyl (C=O) groups excluding carboxylic acids is 1. The second kappa shape index (κ2) is 6.39. The first-order chi connectivity index (χ1) is 8.25. The molecule has 2 fully saturated rings. The minimum Gasteiger partial charge on any atom is -0.355 e. The third-order valence-corrected chi connectivity index (χ3v) is 4.36. The lowest BCUT2D eigenvalue weighted by molar-refractivity contribution is -0.122. The minimum atomic E-state index is 0.0846. The third-order valence-electron chi connectivity index (χ3n) is 4.36. The first kappa shape index (κ1) is 12.9. The van der Waals surface area contributed by atoms with Crippen LogP contribution < -0.4 is 10.6 Å². The van der Waals surface area contributed by atoms with Crippen LogP contribution in [-0.2, 0) is 4.79 Å². The Kier molecular flexibility index (Phi) is 4.84. The Bertz CT molecular complexity index is 241. The number of rotatable bonds is 4. The molecule has 17 heavy (non-hydrogen) atoms. The number of amides is 1. The SMILES string of the molecule is CC1CCC(CCNC(=O)C2CCCN2)CC1. The van der Waals surface area contributed by atoms with E-state index in [4.69, 9.17) is 0 Å². The molecular formula is C14H26N2O. The summed E-state index contributed by atoms with van der Waals surface area (Å²) < 4.78 is 0. The van der Waals surface area contributed by atoms with Gasteiger partial charge in [-0.3, -0.25) is 4.79 Å². The van der Waals surface area contributed by atoms with Crippen molar-refractivity contribution in [1.82, 2.24) is 10.6 Å². The van der Waals surface area contributed by atoms with Crippen LogP contribution in [-0.4, -0.2) is 25.0 Å². The molecule has 0 aromatic rings. The molecule has 1 atom stereocenters. The fourth-order valence-electron chi connectivity index (χ4n) is 3.05. The van der Waals surface area contributed by atoms with Gasteiger partial charge in [0.1, 0.15) is 0 Å². The van der Waals surface area contributed by atoms with E-state index < -0.39 is 0 Å². The van der Waals surface area contributed by atoms with Gasteiger partial charge < -0.3 is 10.6 Å². The maximum atomic E-state index is 11.8. The summed E-state index contributed by atoms with van der Waals surface area (Å²) in [6, 6.07) is 0.0846. The monoisotopic (exact) mass is 238 g/mol. The Balaban J connectivity index is 1.57. The fourth-order valence-corrected chi connectivity index (χ4v) is 3.05. The quantitative estimate of drug-likeness (QED) is 0.787. The number of nitrogens with one attached hydrogen (secondary N) is 2. The highest BCUT2D eigenvalue weighted by Gasteiger charge is 2.22. The predicted molar refractivity (Wildman–Crippen MR) is 69.8 cm³/mol. The molecule has 1 aliphatic heterocycles. The lowest BCUT2D eigenvalue weighted by atomic mass is 9.81. The summed E-state index contributed by atoms with van der Waals surface area (Å²) in [7, 11) is 0. The molecule has 1 aliphatic carbocycles. The van der Waals surface area contributed by atoms with E-state index in [1.807, 2.05) is 0 Å². The van der Waals surface area contributed by atoms with Gasteiger partial charge in [-0.05, 0) is 37.6 Å². The minimum absolute atomic E-state index is 0.0846. The largest absolute Gasteiger partial charge is 0.355 e. The summed E-state index contributed by atoms with van der Waals surface area (Å²) in [6.07, 6.45) is 8.79. The van der Waals surface area contributed by atoms with Gasteiger partial charge in [-0.15, -0.1) is 0 Å². The number of hydrogen-bond acceptors (Lipinski definition) is 2. The zero-order valence-electron chi connectivity index (χ0n) is 11.0. The lowest BCUT2D eigenvalue weighted by Crippen LogP contribution is -2.41. The van der Waals surface area contributed by atoms with E-state index in [2.05, 4.69) is 17.6 Å². The van der Waals surface area contributed by atoms with E-state index in [0.29, 0.717) is 0 Å². The van der Waals surface area contributed by atoms with Gasteiger partial charge in [0.25, 0.3) is 0 Å². The van der Waals surface area contributed by atoms with Gasteiger partial charge in [0.05, 0.1) is 6.04 Å². The van der Waals surface area contributed by atoms with Gasteiger partial charge in [0.2, 0.25) is 5.91 Å². The number of carbonyl (C=O) groups is 1. The van der Waals surface area contributed by atoms with E-state index in [9.17, 15) is 4.79 Å². The molecule has 0 aromatic heterocycles. The molecule has 0 radical (unpaired) electrons. The molecule has 98 valence electrons. The smallest absolute Gasteiger partial charge is 0.237 e. The molecule has 1 saturated carbocycles. The van der Waals surface area contributed by atoms with Crippen molar-refractivity contribution in [2.24, 2.45) is 11.8 Å². The molecule has 1 amide bonds. The van der Waals surface area contributed by atoms with Crippen LogP contribution in [0.25, 0.3) is 0 Å². The van der Waals surface area contributed by atoms with Crippen molar-refractivity contribution in [3.63, 3.8) is 0 Å². The maximum Gasteiger partial charge on any atom is 0.237 e. The van der Waals surface area contributed by atoms with Crippen LogP contribution in [0.15, 0.2) is 0 Å². The first-order valence-corrected chi connectivity index (χ1v) is 7.27. The van der Waals surface area contributed by atoms with Crippen LogP contribution in [0.3, 0.4) is 0 Å². The molecule has 3 nitrogen and oxygen atoms in total. The molecular weight excluding hydrogens is 212 g/mol. The normalized spacial score (nSPS) is 33.6. The Labute approximate surface area is 105 Å². The van der Waals surface area contributed by atoms with Crippen molar-refractivity contribution in [3.05, 3.63) is 0 Å². The fraction of sp³-hybridized carbons (Fsp3) is 0.929. The topological polar surface area (TPSA) is 41.1 Å². The second-order valence-corrected chi connectivity index (χ2v) is 5.85. The van der Waals surface area contributed by atoms with Gasteiger partial charge in [0.15, 0.2) is 0 Å². The van der Waals surface area contributed by atoms with Gasteiger partial charge in [0, 0.05) is 6.54 Å². The summed E-state index contributed by atoms with van der Waals surface area (Å²) in [5.41, 5.74) is 0. The number of hydrogen-bond donors (Lipinski definition) is 2. The molecule has 2 aliphatic rings. The summed E-state index contributed by atoms with van der Waals surface area (Å²) in [5, 5.41) is 6.32. The highest BCUT2D eigenvalue weighted by atomic mass is 16.2. The van der Waals surface area contributed by atoms with Crippen LogP contribution in [0.2, 0.25) is 0 Å². The van der Waals surface area contributed by atoms with E-state index in [-0.39, 0.29) is 11.9 Å². The second-order valence-electron chi connectivity index (χ2n) is 5.85. The zero-order chi connectivity index (χ0) is 12.1. The summed E-state index contributed by atoms with van der Waals surface area (Å²) >= 11 is 0. The molecule has 0 aromatic carbocycles. The molecule has 3 heteroatoms. The van der Waals surface area contributed by atoms with Gasteiger partial charge in [-0.2, -0.15) is 0 Å². The summed E-state index contributed by atoms with van der Waals surface area (Å²) in [6.45, 7) is 4.22. The molecule has 2 rings (SSSR count). The molecule has 1 unspecified atom stereocenters. The van der Waals surface area contributed by atoms with Crippen molar-refractivity contribution in [3.8, 4) is 0 Å². The Hall–Kier alpha value is -0.570. The lowest BCUT2D eigenvalue weighted by Gasteiger charge is -2.26. The van der Waals surface area contributed by atoms with E-state index in [1.165, 1.54) is 32.1 Å². The zero-order valence-corrected chi connectivity index (χ0v) is 11.0. The van der Waals surface area contributed by atoms with Crippen molar-refractivity contribution in [2.45, 2.75) is 57.9 Å². The van der Waals surface area contributed by atoms with E-state index in [0.717, 1.165) is 37.8 Å². The van der Waals surface area contributed by atoms with Crippen LogP contribution in [0, 0.1) is 11.8 Å². The molecule has 0 spiro atoms. The standard InChI is InChI=1S/C14H26N2O/c1-11-4-6-12(7-5-11)8-10-16-14(17)13-3-2-9-15-13/h11-13,15H,2-10H2,1H3,(H,16,17). The third kappa shape index (κ3) is 3.98. The summed E-state index contributed by atoms with van der Waals surface area (Å²) in [4.78, 5) is 11.8. The highest BCUT2D eigenvalue weighted by molar-refractivity contribution is 5.81.